The van der Waals surface area contributed by atoms with Crippen molar-refractivity contribution < 1.29 is 4.79 Å². The monoisotopic (exact) mass is 448 g/mol. The number of piperidine rings is 1. The van der Waals surface area contributed by atoms with Gasteiger partial charge in [0.15, 0.2) is 0 Å². The molecule has 0 saturated carbocycles. The van der Waals surface area contributed by atoms with Gasteiger partial charge in [0, 0.05) is 43.7 Å². The minimum Gasteiger partial charge on any atom is -0.339 e. The average Bonchev–Trinajstić information content (AvgIpc) is 3.18. The number of benzene rings is 1. The summed E-state index contributed by atoms with van der Waals surface area (Å²) in [5.74, 6) is 2.57. The van der Waals surface area contributed by atoms with Crippen LogP contribution in [0.2, 0.25) is 0 Å². The van der Waals surface area contributed by atoms with Gasteiger partial charge in [0.25, 0.3) is 5.91 Å². The van der Waals surface area contributed by atoms with E-state index in [1.165, 1.54) is 0 Å². The van der Waals surface area contributed by atoms with Gasteiger partial charge in [-0.2, -0.15) is 0 Å². The van der Waals surface area contributed by atoms with E-state index in [1.807, 2.05) is 36.1 Å². The minimum absolute atomic E-state index is 0. The highest BCUT2D eigenvalue weighted by Crippen LogP contribution is 2.29. The van der Waals surface area contributed by atoms with Crippen molar-refractivity contribution in [3.63, 3.8) is 0 Å². The Balaban J connectivity index is 0.00000128. The number of aryl methyl sites for hydroxylation is 1. The summed E-state index contributed by atoms with van der Waals surface area (Å²) in [5.41, 5.74) is 2.65. The van der Waals surface area contributed by atoms with Crippen molar-refractivity contribution in [2.24, 2.45) is 0 Å². The number of likely N-dealkylation sites (tertiary alicyclic amines) is 1. The summed E-state index contributed by atoms with van der Waals surface area (Å²) in [5, 5.41) is 13.2. The van der Waals surface area contributed by atoms with Crippen molar-refractivity contribution in [3.05, 3.63) is 53.2 Å². The summed E-state index contributed by atoms with van der Waals surface area (Å²) >= 11 is 0. The summed E-state index contributed by atoms with van der Waals surface area (Å²) in [6.07, 6.45) is 3.59. The molecule has 5 rings (SSSR count). The van der Waals surface area contributed by atoms with Crippen LogP contribution in [-0.4, -0.2) is 50.2 Å². The number of nitrogens with one attached hydrogen (secondary N) is 1. The van der Waals surface area contributed by atoms with Crippen molar-refractivity contribution >= 4 is 41.6 Å². The van der Waals surface area contributed by atoms with E-state index in [2.05, 4.69) is 25.1 Å². The minimum atomic E-state index is 0. The molecule has 160 valence electrons. The van der Waals surface area contributed by atoms with Crippen molar-refractivity contribution in [2.45, 2.75) is 38.8 Å². The quantitative estimate of drug-likeness (QED) is 0.651. The van der Waals surface area contributed by atoms with Gasteiger partial charge in [0.2, 0.25) is 0 Å². The molecule has 1 N–H and O–H groups in total. The van der Waals surface area contributed by atoms with E-state index >= 15 is 0 Å². The Morgan fingerprint density at radius 3 is 2.67 bits per heavy atom. The summed E-state index contributed by atoms with van der Waals surface area (Å²) in [6.45, 7) is 6.19. The summed E-state index contributed by atoms with van der Waals surface area (Å²) in [6, 6.07) is 7.98. The second-order valence-electron chi connectivity index (χ2n) is 7.68. The van der Waals surface area contributed by atoms with Crippen LogP contribution in [0.3, 0.4) is 0 Å². The van der Waals surface area contributed by atoms with Crippen LogP contribution in [0.1, 0.15) is 46.3 Å². The van der Waals surface area contributed by atoms with Crippen LogP contribution in [0.5, 0.6) is 0 Å². The number of fused-ring (bicyclic) bond motifs is 2. The number of pyridine rings is 1. The number of carbonyl (C=O) groups excluding carboxylic acids is 1. The normalized spacial score (nSPS) is 16.5. The molecule has 2 aliphatic heterocycles. The Bertz CT molecular complexity index is 1050. The van der Waals surface area contributed by atoms with Crippen LogP contribution in [0.25, 0.3) is 10.9 Å². The summed E-state index contributed by atoms with van der Waals surface area (Å²) < 4.78 is 2.26. The number of rotatable bonds is 2. The van der Waals surface area contributed by atoms with E-state index in [-0.39, 0.29) is 30.7 Å². The molecule has 0 aliphatic carbocycles. The van der Waals surface area contributed by atoms with E-state index in [1.54, 1.807) is 6.20 Å². The molecule has 2 aliphatic rings. The van der Waals surface area contributed by atoms with Gasteiger partial charge in [-0.1, -0.05) is 18.2 Å². The van der Waals surface area contributed by atoms with Crippen molar-refractivity contribution in [1.29, 1.82) is 0 Å². The van der Waals surface area contributed by atoms with Gasteiger partial charge in [0.05, 0.1) is 17.6 Å². The second kappa shape index (κ2) is 9.29. The maximum atomic E-state index is 13.1. The average molecular weight is 449 g/mol. The van der Waals surface area contributed by atoms with Gasteiger partial charge < -0.3 is 14.8 Å². The number of halogens is 2. The SMILES string of the molecule is Cc1c(C(=O)N2CCC(c3nnc4n3CCNC4)CC2)cnc2ccccc12.Cl.Cl. The fraction of sp³-hybridized carbons (Fsp3) is 0.429. The first-order chi connectivity index (χ1) is 13.7. The first-order valence-electron chi connectivity index (χ1n) is 9.98. The Hall–Kier alpha value is -2.22. The topological polar surface area (TPSA) is 75.9 Å². The molecule has 30 heavy (non-hydrogen) atoms. The fourth-order valence-corrected chi connectivity index (χ4v) is 4.42. The molecule has 2 aromatic heterocycles. The predicted octanol–water partition coefficient (Wildman–Crippen LogP) is 3.10. The van der Waals surface area contributed by atoms with Crippen LogP contribution in [0.4, 0.5) is 0 Å². The lowest BCUT2D eigenvalue weighted by molar-refractivity contribution is 0.0709. The van der Waals surface area contributed by atoms with Gasteiger partial charge in [-0.15, -0.1) is 35.0 Å². The number of nitrogens with zero attached hydrogens (tertiary/aromatic N) is 5. The molecular weight excluding hydrogens is 423 g/mol. The number of aromatic nitrogens is 4. The van der Waals surface area contributed by atoms with Crippen LogP contribution in [0.15, 0.2) is 30.5 Å². The van der Waals surface area contributed by atoms with E-state index in [0.717, 1.165) is 73.7 Å². The van der Waals surface area contributed by atoms with E-state index in [4.69, 9.17) is 0 Å². The van der Waals surface area contributed by atoms with Crippen LogP contribution >= 0.6 is 24.8 Å². The molecule has 0 atom stereocenters. The van der Waals surface area contributed by atoms with E-state index < -0.39 is 0 Å². The third-order valence-corrected chi connectivity index (χ3v) is 6.07. The Morgan fingerprint density at radius 2 is 1.87 bits per heavy atom. The molecule has 0 spiro atoms. The molecule has 3 aromatic rings. The third kappa shape index (κ3) is 3.89. The highest BCUT2D eigenvalue weighted by atomic mass is 35.5. The first-order valence-corrected chi connectivity index (χ1v) is 9.98. The lowest BCUT2D eigenvalue weighted by Gasteiger charge is -2.32. The van der Waals surface area contributed by atoms with Gasteiger partial charge in [0.1, 0.15) is 11.6 Å². The zero-order valence-electron chi connectivity index (χ0n) is 16.9. The zero-order chi connectivity index (χ0) is 19.1. The Kier molecular flexibility index (Phi) is 6.95. The number of amides is 1. The molecule has 9 heteroatoms. The molecule has 0 radical (unpaired) electrons. The molecule has 1 saturated heterocycles. The van der Waals surface area contributed by atoms with Crippen molar-refractivity contribution in [2.75, 3.05) is 19.6 Å². The fourth-order valence-electron chi connectivity index (χ4n) is 4.42. The zero-order valence-corrected chi connectivity index (χ0v) is 18.5. The molecule has 4 heterocycles. The highest BCUT2D eigenvalue weighted by molar-refractivity contribution is 6.00. The lowest BCUT2D eigenvalue weighted by atomic mass is 9.94. The van der Waals surface area contributed by atoms with Gasteiger partial charge in [-0.05, 0) is 31.4 Å². The number of hydrogen-bond acceptors (Lipinski definition) is 5. The van der Waals surface area contributed by atoms with E-state index in [0.29, 0.717) is 11.5 Å². The first kappa shape index (κ1) is 22.5. The molecule has 1 aromatic carbocycles. The predicted molar refractivity (Wildman–Crippen MR) is 121 cm³/mol. The van der Waals surface area contributed by atoms with E-state index in [9.17, 15) is 4.79 Å². The lowest BCUT2D eigenvalue weighted by Crippen LogP contribution is -2.39. The summed E-state index contributed by atoms with van der Waals surface area (Å²) in [7, 11) is 0. The maximum absolute atomic E-state index is 13.1. The molecular formula is C21H26Cl2N6O. The molecule has 0 unspecified atom stereocenters. The van der Waals surface area contributed by atoms with Crippen LogP contribution in [0, 0.1) is 6.92 Å². The van der Waals surface area contributed by atoms with Gasteiger partial charge >= 0.3 is 0 Å². The van der Waals surface area contributed by atoms with Crippen molar-refractivity contribution in [1.82, 2.24) is 30.0 Å². The van der Waals surface area contributed by atoms with Crippen molar-refractivity contribution in [3.8, 4) is 0 Å². The maximum Gasteiger partial charge on any atom is 0.255 e. The molecule has 7 nitrogen and oxygen atoms in total. The van der Waals surface area contributed by atoms with Gasteiger partial charge in [-0.3, -0.25) is 9.78 Å². The smallest absolute Gasteiger partial charge is 0.255 e. The molecule has 0 bridgehead atoms. The summed E-state index contributed by atoms with van der Waals surface area (Å²) in [4.78, 5) is 19.6. The number of hydrogen-bond donors (Lipinski definition) is 1. The highest BCUT2D eigenvalue weighted by Gasteiger charge is 2.29. The second-order valence-corrected chi connectivity index (χ2v) is 7.68. The molecule has 1 fully saturated rings. The Morgan fingerprint density at radius 1 is 1.10 bits per heavy atom. The largest absolute Gasteiger partial charge is 0.339 e. The number of carbonyl (C=O) groups is 1. The van der Waals surface area contributed by atoms with Crippen LogP contribution in [-0.2, 0) is 13.1 Å². The number of para-hydroxylation sites is 1. The molecule has 1 amide bonds. The van der Waals surface area contributed by atoms with Crippen LogP contribution < -0.4 is 5.32 Å². The third-order valence-electron chi connectivity index (χ3n) is 6.07. The standard InChI is InChI=1S/C21H24N6O.2ClH/c1-14-16-4-2-3-5-18(16)23-12-17(14)21(28)26-9-6-15(7-10-26)20-25-24-19-13-22-8-11-27(19)20;;/h2-5,12,15,22H,6-11,13H2,1H3;2*1H. The van der Waals surface area contributed by atoms with Gasteiger partial charge in [-0.25, -0.2) is 0 Å². The Labute approximate surface area is 188 Å².